The molecular weight excluding hydrogens is 396 g/mol. The quantitative estimate of drug-likeness (QED) is 0.705. The molecule has 3 aliphatic heterocycles. The minimum Gasteiger partial charge on any atom is -0.303 e. The van der Waals surface area contributed by atoms with Gasteiger partial charge in [-0.05, 0) is 77.3 Å². The van der Waals surface area contributed by atoms with Crippen LogP contribution in [-0.4, -0.2) is 69.4 Å². The Hall–Kier alpha value is -1.70. The summed E-state index contributed by atoms with van der Waals surface area (Å²) in [5.74, 6) is 0.498. The molecule has 0 bridgehead atoms. The van der Waals surface area contributed by atoms with Crippen molar-refractivity contribution >= 4 is 20.8 Å². The van der Waals surface area contributed by atoms with E-state index in [9.17, 15) is 8.42 Å². The van der Waals surface area contributed by atoms with E-state index in [-0.39, 0.29) is 0 Å². The first kappa shape index (κ1) is 21.5. The summed E-state index contributed by atoms with van der Waals surface area (Å²) in [6.45, 7) is 8.42. The fourth-order valence-corrected chi connectivity index (χ4v) is 6.47. The molecule has 30 heavy (non-hydrogen) atoms. The van der Waals surface area contributed by atoms with Crippen molar-refractivity contribution in [3.8, 4) is 0 Å². The standard InChI is InChI=1S/C23H34N4O2S/c1-19-22(20-9-4-2-5-10-20)30(28,29)25-23(19)24-13-8-14-26-17-11-21(12-18-26)27-15-6-3-7-16-27/h2,4-5,9-10,21H,3,6-8,11-18H2,1H3,(H,24,25). The highest BCUT2D eigenvalue weighted by molar-refractivity contribution is 8.00. The Morgan fingerprint density at radius 2 is 1.73 bits per heavy atom. The molecule has 164 valence electrons. The second kappa shape index (κ2) is 9.62. The van der Waals surface area contributed by atoms with E-state index in [1.54, 1.807) is 0 Å². The zero-order chi connectivity index (χ0) is 21.0. The van der Waals surface area contributed by atoms with Gasteiger partial charge in [0.15, 0.2) is 0 Å². The molecule has 0 spiro atoms. The lowest BCUT2D eigenvalue weighted by Crippen LogP contribution is -2.46. The third-order valence-corrected chi connectivity index (χ3v) is 8.14. The van der Waals surface area contributed by atoms with Crippen LogP contribution in [0.3, 0.4) is 0 Å². The maximum absolute atomic E-state index is 12.6. The fraction of sp³-hybridized carbons (Fsp3) is 0.609. The van der Waals surface area contributed by atoms with E-state index in [4.69, 9.17) is 0 Å². The molecule has 0 aliphatic carbocycles. The summed E-state index contributed by atoms with van der Waals surface area (Å²) in [5, 5.41) is 0. The molecule has 0 aromatic heterocycles. The van der Waals surface area contributed by atoms with Crippen molar-refractivity contribution < 1.29 is 8.42 Å². The lowest BCUT2D eigenvalue weighted by molar-refractivity contribution is 0.0924. The van der Waals surface area contributed by atoms with Gasteiger partial charge in [-0.1, -0.05) is 36.8 Å². The number of hydrogen-bond donors (Lipinski definition) is 1. The topological polar surface area (TPSA) is 65.0 Å². The van der Waals surface area contributed by atoms with Crippen LogP contribution < -0.4 is 4.72 Å². The van der Waals surface area contributed by atoms with Crippen LogP contribution in [0.5, 0.6) is 0 Å². The number of nitrogens with one attached hydrogen (secondary N) is 1. The van der Waals surface area contributed by atoms with Crippen LogP contribution in [0, 0.1) is 0 Å². The molecule has 0 atom stereocenters. The van der Waals surface area contributed by atoms with Gasteiger partial charge in [0.25, 0.3) is 10.0 Å². The Bertz CT molecular complexity index is 881. The van der Waals surface area contributed by atoms with Crippen molar-refractivity contribution in [3.05, 3.63) is 41.5 Å². The molecule has 2 saturated heterocycles. The van der Waals surface area contributed by atoms with Gasteiger partial charge < -0.3 is 9.80 Å². The Morgan fingerprint density at radius 1 is 1.03 bits per heavy atom. The SMILES string of the molecule is CC1=C(c2ccccc2)S(=O)(=O)NC1=NCCCN1CCC(N2CCCCC2)CC1. The van der Waals surface area contributed by atoms with E-state index in [0.29, 0.717) is 28.4 Å². The summed E-state index contributed by atoms with van der Waals surface area (Å²) in [5.41, 5.74) is 1.42. The molecule has 0 amide bonds. The molecular formula is C23H34N4O2S. The van der Waals surface area contributed by atoms with Crippen LogP contribution in [-0.2, 0) is 10.0 Å². The second-order valence-corrected chi connectivity index (χ2v) is 10.3. The van der Waals surface area contributed by atoms with Gasteiger partial charge in [0.05, 0.1) is 0 Å². The lowest BCUT2D eigenvalue weighted by Gasteiger charge is -2.40. The highest BCUT2D eigenvalue weighted by atomic mass is 32.2. The van der Waals surface area contributed by atoms with Crippen molar-refractivity contribution in [3.63, 3.8) is 0 Å². The third kappa shape index (κ3) is 4.95. The summed E-state index contributed by atoms with van der Waals surface area (Å²) < 4.78 is 27.8. The molecule has 4 rings (SSSR count). The molecule has 1 aromatic rings. The summed E-state index contributed by atoms with van der Waals surface area (Å²) in [6, 6.07) is 10.0. The van der Waals surface area contributed by atoms with Crippen LogP contribution in [0.2, 0.25) is 0 Å². The Morgan fingerprint density at radius 3 is 2.43 bits per heavy atom. The maximum atomic E-state index is 12.6. The number of benzene rings is 1. The summed E-state index contributed by atoms with van der Waals surface area (Å²) in [4.78, 5) is 10.2. The van der Waals surface area contributed by atoms with Crippen LogP contribution in [0.1, 0.15) is 51.0 Å². The number of rotatable bonds is 6. The second-order valence-electron chi connectivity index (χ2n) is 8.68. The number of sulfonamides is 1. The van der Waals surface area contributed by atoms with Gasteiger partial charge in [0.2, 0.25) is 0 Å². The Balaban J connectivity index is 1.27. The van der Waals surface area contributed by atoms with Gasteiger partial charge in [0.1, 0.15) is 10.7 Å². The van der Waals surface area contributed by atoms with Gasteiger partial charge in [-0.2, -0.15) is 0 Å². The molecule has 1 N–H and O–H groups in total. The third-order valence-electron chi connectivity index (χ3n) is 6.60. The van der Waals surface area contributed by atoms with E-state index in [1.807, 2.05) is 37.3 Å². The smallest absolute Gasteiger partial charge is 0.264 e. The van der Waals surface area contributed by atoms with Gasteiger partial charge in [0, 0.05) is 18.2 Å². The number of aliphatic imine (C=N–C) groups is 1. The largest absolute Gasteiger partial charge is 0.303 e. The number of nitrogens with zero attached hydrogens (tertiary/aromatic N) is 3. The van der Waals surface area contributed by atoms with Gasteiger partial charge in [-0.25, -0.2) is 8.42 Å². The summed E-state index contributed by atoms with van der Waals surface area (Å²) in [7, 11) is -3.53. The number of amidine groups is 1. The Kier molecular flexibility index (Phi) is 6.91. The van der Waals surface area contributed by atoms with E-state index < -0.39 is 10.0 Å². The normalized spacial score (nSPS) is 25.0. The molecule has 0 radical (unpaired) electrons. The Labute approximate surface area is 181 Å². The highest BCUT2D eigenvalue weighted by Crippen LogP contribution is 2.29. The van der Waals surface area contributed by atoms with E-state index in [0.717, 1.165) is 19.0 Å². The molecule has 3 heterocycles. The highest BCUT2D eigenvalue weighted by Gasteiger charge is 2.32. The van der Waals surface area contributed by atoms with Crippen molar-refractivity contribution in [1.82, 2.24) is 14.5 Å². The van der Waals surface area contributed by atoms with Crippen molar-refractivity contribution in [1.29, 1.82) is 0 Å². The monoisotopic (exact) mass is 430 g/mol. The van der Waals surface area contributed by atoms with Crippen molar-refractivity contribution in [2.45, 2.75) is 51.5 Å². The van der Waals surface area contributed by atoms with E-state index in [1.165, 1.54) is 58.3 Å². The minimum absolute atomic E-state index is 0.349. The zero-order valence-electron chi connectivity index (χ0n) is 18.0. The number of piperidine rings is 2. The average molecular weight is 431 g/mol. The van der Waals surface area contributed by atoms with Gasteiger partial charge in [-0.3, -0.25) is 9.71 Å². The first-order valence-electron chi connectivity index (χ1n) is 11.3. The molecule has 1 aromatic carbocycles. The average Bonchev–Trinajstić information content (AvgIpc) is 3.00. The zero-order valence-corrected chi connectivity index (χ0v) is 18.8. The lowest BCUT2D eigenvalue weighted by atomic mass is 10.00. The first-order chi connectivity index (χ1) is 14.5. The minimum atomic E-state index is -3.53. The van der Waals surface area contributed by atoms with Crippen LogP contribution >= 0.6 is 0 Å². The van der Waals surface area contributed by atoms with Crippen molar-refractivity contribution in [2.24, 2.45) is 4.99 Å². The summed E-state index contributed by atoms with van der Waals surface area (Å²) in [6.07, 6.45) is 7.63. The van der Waals surface area contributed by atoms with Crippen LogP contribution in [0.4, 0.5) is 0 Å². The van der Waals surface area contributed by atoms with E-state index >= 15 is 0 Å². The number of likely N-dealkylation sites (tertiary alicyclic amines) is 2. The molecule has 3 aliphatic rings. The molecule has 7 heteroatoms. The maximum Gasteiger partial charge on any atom is 0.264 e. The van der Waals surface area contributed by atoms with Crippen molar-refractivity contribution in [2.75, 3.05) is 39.3 Å². The predicted molar refractivity (Wildman–Crippen MR) is 123 cm³/mol. The van der Waals surface area contributed by atoms with Gasteiger partial charge in [-0.15, -0.1) is 0 Å². The van der Waals surface area contributed by atoms with E-state index in [2.05, 4.69) is 19.5 Å². The first-order valence-corrected chi connectivity index (χ1v) is 12.8. The molecule has 6 nitrogen and oxygen atoms in total. The number of hydrogen-bond acceptors (Lipinski definition) is 5. The summed E-state index contributed by atoms with van der Waals surface area (Å²) >= 11 is 0. The predicted octanol–water partition coefficient (Wildman–Crippen LogP) is 3.09. The molecule has 0 unspecified atom stereocenters. The van der Waals surface area contributed by atoms with Crippen LogP contribution in [0.25, 0.3) is 4.91 Å². The molecule has 0 saturated carbocycles. The fourth-order valence-electron chi connectivity index (χ4n) is 4.95. The van der Waals surface area contributed by atoms with Gasteiger partial charge >= 0.3 is 0 Å². The molecule has 2 fully saturated rings. The van der Waals surface area contributed by atoms with Crippen LogP contribution in [0.15, 0.2) is 40.9 Å².